The Hall–Kier alpha value is -0.160. The Morgan fingerprint density at radius 2 is 1.31 bits per heavy atom. The Morgan fingerprint density at radius 1 is 0.875 bits per heavy atom. The Labute approximate surface area is 103 Å². The van der Waals surface area contributed by atoms with E-state index < -0.39 is 0 Å². The van der Waals surface area contributed by atoms with Crippen LogP contribution in [0.2, 0.25) is 0 Å². The molecule has 0 aliphatic heterocycles. The Morgan fingerprint density at radius 3 is 1.69 bits per heavy atom. The Balaban J connectivity index is -0.000000240. The summed E-state index contributed by atoms with van der Waals surface area (Å²) in [5.41, 5.74) is 10.9. The van der Waals surface area contributed by atoms with Crippen molar-refractivity contribution in [3.05, 3.63) is 0 Å². The smallest absolute Gasteiger partial charge is 0.0781 e. The summed E-state index contributed by atoms with van der Waals surface area (Å²) in [5, 5.41) is 0. The van der Waals surface area contributed by atoms with Gasteiger partial charge in [-0.1, -0.05) is 22.3 Å². The van der Waals surface area contributed by atoms with Crippen molar-refractivity contribution in [1.29, 1.82) is 0 Å². The zero-order chi connectivity index (χ0) is 10.3. The molecule has 104 valence electrons. The van der Waals surface area contributed by atoms with Crippen LogP contribution in [0, 0.1) is 0 Å². The third-order valence-electron chi connectivity index (χ3n) is 1.59. The molecule has 0 aromatic carbocycles. The minimum atomic E-state index is 0. The Kier molecular flexibility index (Phi) is 23.1. The van der Waals surface area contributed by atoms with Gasteiger partial charge in [-0.15, -0.1) is 0 Å². The third-order valence-corrected chi connectivity index (χ3v) is 1.59. The zero-order valence-electron chi connectivity index (χ0n) is 8.82. The molecule has 0 fully saturated rings. The second-order valence-electron chi connectivity index (χ2n) is 3.50. The minimum Gasteiger partial charge on any atom is -0.375 e. The number of hydrogen-bond acceptors (Lipinski definition) is 4. The first kappa shape index (κ1) is 24.9. The predicted octanol–water partition coefficient (Wildman–Crippen LogP) is 2.01. The lowest BCUT2D eigenvalue weighted by Crippen LogP contribution is -2.29. The second kappa shape index (κ2) is 14.8. The van der Waals surface area contributed by atoms with Gasteiger partial charge in [-0.3, -0.25) is 0 Å². The summed E-state index contributed by atoms with van der Waals surface area (Å²) in [6, 6.07) is 0.0781. The van der Waals surface area contributed by atoms with E-state index in [1.54, 1.807) is 0 Å². The lowest BCUT2D eigenvalue weighted by atomic mass is 10.3. The van der Waals surface area contributed by atoms with Crippen LogP contribution in [0.4, 0.5) is 0 Å². The van der Waals surface area contributed by atoms with E-state index in [4.69, 9.17) is 20.9 Å². The molecule has 0 aromatic rings. The van der Waals surface area contributed by atoms with Crippen LogP contribution >= 0.6 is 0 Å². The van der Waals surface area contributed by atoms with Gasteiger partial charge in [-0.25, -0.2) is 0 Å². The molecule has 4 nitrogen and oxygen atoms in total. The zero-order valence-corrected chi connectivity index (χ0v) is 8.82. The average molecular weight is 238 g/mol. The van der Waals surface area contributed by atoms with E-state index in [0.29, 0.717) is 19.8 Å². The number of ether oxygens (including phenoxy) is 2. The molecular weight excluding hydrogens is 204 g/mol. The molecular formula is C12H34N2O2. The van der Waals surface area contributed by atoms with Crippen molar-refractivity contribution in [2.75, 3.05) is 19.8 Å². The third kappa shape index (κ3) is 16.3. The van der Waals surface area contributed by atoms with Crippen LogP contribution in [-0.4, -0.2) is 38.0 Å². The fraction of sp³-hybridized carbons (Fsp3) is 1.00. The molecule has 0 aromatic heterocycles. The van der Waals surface area contributed by atoms with Crippen LogP contribution in [0.5, 0.6) is 0 Å². The summed E-state index contributed by atoms with van der Waals surface area (Å²) in [6.07, 6.45) is 0.182. The molecule has 0 rings (SSSR count). The maximum absolute atomic E-state index is 5.54. The van der Waals surface area contributed by atoms with Crippen LogP contribution in [0.15, 0.2) is 0 Å². The van der Waals surface area contributed by atoms with Crippen molar-refractivity contribution in [3.8, 4) is 0 Å². The van der Waals surface area contributed by atoms with Gasteiger partial charge in [0.25, 0.3) is 0 Å². The lowest BCUT2D eigenvalue weighted by molar-refractivity contribution is -0.0312. The van der Waals surface area contributed by atoms with Gasteiger partial charge in [-0.2, -0.15) is 0 Å². The second-order valence-corrected chi connectivity index (χ2v) is 3.50. The molecule has 0 spiro atoms. The van der Waals surface area contributed by atoms with Crippen LogP contribution < -0.4 is 11.5 Å². The molecule has 0 saturated carbocycles. The van der Waals surface area contributed by atoms with Gasteiger partial charge in [0.1, 0.15) is 0 Å². The molecule has 3 atom stereocenters. The molecule has 0 bridgehead atoms. The molecule has 0 amide bonds. The van der Waals surface area contributed by atoms with Gasteiger partial charge in [0.15, 0.2) is 0 Å². The van der Waals surface area contributed by atoms with E-state index in [0.717, 1.165) is 0 Å². The fourth-order valence-electron chi connectivity index (χ4n) is 0.732. The van der Waals surface area contributed by atoms with E-state index in [-0.39, 0.29) is 40.5 Å². The number of hydrogen-bond donors (Lipinski definition) is 2. The maximum Gasteiger partial charge on any atom is 0.0781 e. The minimum absolute atomic E-state index is 0. The largest absolute Gasteiger partial charge is 0.375 e. The summed E-state index contributed by atoms with van der Waals surface area (Å²) in [6.45, 7) is 7.51. The predicted molar refractivity (Wildman–Crippen MR) is 73.7 cm³/mol. The van der Waals surface area contributed by atoms with Crippen molar-refractivity contribution in [3.63, 3.8) is 0 Å². The van der Waals surface area contributed by atoms with Crippen LogP contribution in [0.3, 0.4) is 0 Å². The van der Waals surface area contributed by atoms with Crippen LogP contribution in [0.1, 0.15) is 43.1 Å². The maximum atomic E-state index is 5.54. The summed E-state index contributed by atoms with van der Waals surface area (Å²) >= 11 is 0. The standard InChI is InChI=1S/C9H22N2O2.3CH4/c1-7(11)5-12-9(3)6-13-8(2)4-10;;;/h7-9H,4-6,10-11H2,1-3H3;3*1H4. The highest BCUT2D eigenvalue weighted by atomic mass is 16.5. The molecule has 4 heteroatoms. The SMILES string of the molecule is C.C.C.CC(N)COC(C)COC(C)CN. The number of nitrogens with two attached hydrogens (primary N) is 2. The van der Waals surface area contributed by atoms with Gasteiger partial charge in [0.2, 0.25) is 0 Å². The monoisotopic (exact) mass is 238 g/mol. The molecule has 0 heterocycles. The fourth-order valence-corrected chi connectivity index (χ4v) is 0.732. The normalized spacial score (nSPS) is 14.8. The van der Waals surface area contributed by atoms with Crippen LogP contribution in [-0.2, 0) is 9.47 Å². The quantitative estimate of drug-likeness (QED) is 0.712. The molecule has 0 saturated heterocycles. The van der Waals surface area contributed by atoms with Gasteiger partial charge in [-0.05, 0) is 20.8 Å². The highest BCUT2D eigenvalue weighted by Crippen LogP contribution is 1.96. The van der Waals surface area contributed by atoms with Crippen molar-refractivity contribution in [1.82, 2.24) is 0 Å². The van der Waals surface area contributed by atoms with E-state index in [2.05, 4.69) is 0 Å². The average Bonchev–Trinajstić information content (AvgIpc) is 2.10. The van der Waals surface area contributed by atoms with Crippen molar-refractivity contribution in [2.45, 2.75) is 61.3 Å². The van der Waals surface area contributed by atoms with Gasteiger partial charge >= 0.3 is 0 Å². The topological polar surface area (TPSA) is 70.5 Å². The summed E-state index contributed by atoms with van der Waals surface area (Å²) in [4.78, 5) is 0. The molecule has 0 aliphatic rings. The van der Waals surface area contributed by atoms with E-state index >= 15 is 0 Å². The van der Waals surface area contributed by atoms with Crippen LogP contribution in [0.25, 0.3) is 0 Å². The van der Waals surface area contributed by atoms with Gasteiger partial charge in [0.05, 0.1) is 25.4 Å². The highest BCUT2D eigenvalue weighted by molar-refractivity contribution is 4.55. The summed E-state index contributed by atoms with van der Waals surface area (Å²) in [7, 11) is 0. The van der Waals surface area contributed by atoms with Crippen molar-refractivity contribution in [2.24, 2.45) is 11.5 Å². The highest BCUT2D eigenvalue weighted by Gasteiger charge is 2.06. The van der Waals surface area contributed by atoms with Gasteiger partial charge in [0, 0.05) is 12.6 Å². The first-order chi connectivity index (χ1) is 6.06. The summed E-state index contributed by atoms with van der Waals surface area (Å²) in [5.74, 6) is 0. The molecule has 3 unspecified atom stereocenters. The number of rotatable bonds is 7. The summed E-state index contributed by atoms with van der Waals surface area (Å²) < 4.78 is 10.8. The van der Waals surface area contributed by atoms with Crippen molar-refractivity contribution < 1.29 is 9.47 Å². The molecule has 16 heavy (non-hydrogen) atoms. The van der Waals surface area contributed by atoms with E-state index in [9.17, 15) is 0 Å². The molecule has 4 N–H and O–H groups in total. The first-order valence-electron chi connectivity index (χ1n) is 4.75. The van der Waals surface area contributed by atoms with E-state index in [1.807, 2.05) is 20.8 Å². The molecule has 0 aliphatic carbocycles. The lowest BCUT2D eigenvalue weighted by Gasteiger charge is -2.17. The Bertz CT molecular complexity index is 122. The van der Waals surface area contributed by atoms with Crippen molar-refractivity contribution >= 4 is 0 Å². The first-order valence-corrected chi connectivity index (χ1v) is 4.75. The van der Waals surface area contributed by atoms with Gasteiger partial charge < -0.3 is 20.9 Å². The van der Waals surface area contributed by atoms with E-state index in [1.165, 1.54) is 0 Å². The molecule has 0 radical (unpaired) electrons.